The highest BCUT2D eigenvalue weighted by Crippen LogP contribution is 2.44. The molecule has 0 radical (unpaired) electrons. The first-order chi connectivity index (χ1) is 18.9. The highest BCUT2D eigenvalue weighted by atomic mass is 35.5. The Bertz CT molecular complexity index is 1620. The molecule has 1 aliphatic heterocycles. The van der Waals surface area contributed by atoms with Crippen LogP contribution in [0.25, 0.3) is 22.2 Å². The zero-order chi connectivity index (χ0) is 28.9. The van der Waals surface area contributed by atoms with Gasteiger partial charge in [-0.3, -0.25) is 4.68 Å². The minimum atomic E-state index is -5.19. The molecule has 0 aliphatic carbocycles. The number of benzene rings is 2. The normalized spacial score (nSPS) is 14.3. The zero-order valence-electron chi connectivity index (χ0n) is 22.3. The fourth-order valence-electron chi connectivity index (χ4n) is 5.09. The fraction of sp³-hybridized carbons (Fsp3) is 0.370. The maximum atomic E-state index is 13.9. The van der Waals surface area contributed by atoms with Crippen molar-refractivity contribution in [3.63, 3.8) is 0 Å². The molecular formula is C27H27ClF4N6O2. The molecule has 0 atom stereocenters. The van der Waals surface area contributed by atoms with Gasteiger partial charge in [-0.05, 0) is 50.1 Å². The van der Waals surface area contributed by atoms with Crippen LogP contribution in [0, 0.1) is 26.6 Å². The predicted octanol–water partition coefficient (Wildman–Crippen LogP) is 5.08. The van der Waals surface area contributed by atoms with Crippen molar-refractivity contribution >= 4 is 34.6 Å². The van der Waals surface area contributed by atoms with Crippen molar-refractivity contribution in [2.24, 2.45) is 7.05 Å². The van der Waals surface area contributed by atoms with Gasteiger partial charge in [0.25, 0.3) is 0 Å². The second-order valence-corrected chi connectivity index (χ2v) is 10.2. The second-order valence-electron chi connectivity index (χ2n) is 9.81. The molecule has 40 heavy (non-hydrogen) atoms. The maximum absolute atomic E-state index is 13.9. The number of hydrogen-bond donors (Lipinski definition) is 1. The molecule has 1 saturated heterocycles. The van der Waals surface area contributed by atoms with Gasteiger partial charge in [-0.15, -0.1) is 0 Å². The number of nitrogens with one attached hydrogen (secondary N) is 1. The Kier molecular flexibility index (Phi) is 7.26. The van der Waals surface area contributed by atoms with E-state index in [4.69, 9.17) is 21.3 Å². The second kappa shape index (κ2) is 10.4. The first-order valence-corrected chi connectivity index (χ1v) is 13.0. The zero-order valence-corrected chi connectivity index (χ0v) is 23.0. The molecule has 3 heterocycles. The largest absolute Gasteiger partial charge is 0.491 e. The first-order valence-electron chi connectivity index (χ1n) is 12.6. The minimum Gasteiger partial charge on any atom is -0.419 e. The summed E-state index contributed by atoms with van der Waals surface area (Å²) in [6.45, 7) is 8.08. The summed E-state index contributed by atoms with van der Waals surface area (Å²) in [5, 5.41) is 7.72. The summed E-state index contributed by atoms with van der Waals surface area (Å²) in [5.74, 6) is -2.51. The molecule has 0 unspecified atom stereocenters. The van der Waals surface area contributed by atoms with Crippen molar-refractivity contribution in [2.75, 3.05) is 31.1 Å². The molecule has 1 fully saturated rings. The minimum absolute atomic E-state index is 0.0227. The smallest absolute Gasteiger partial charge is 0.419 e. The number of ether oxygens (including phenoxy) is 1. The van der Waals surface area contributed by atoms with E-state index in [9.17, 15) is 22.4 Å². The molecular weight excluding hydrogens is 552 g/mol. The van der Waals surface area contributed by atoms with Crippen molar-refractivity contribution in [3.8, 4) is 16.9 Å². The van der Waals surface area contributed by atoms with Gasteiger partial charge < -0.3 is 19.5 Å². The highest BCUT2D eigenvalue weighted by molar-refractivity contribution is 6.30. The van der Waals surface area contributed by atoms with E-state index in [1.807, 2.05) is 4.57 Å². The van der Waals surface area contributed by atoms with E-state index >= 15 is 0 Å². The topological polar surface area (TPSA) is 77.2 Å². The Morgan fingerprint density at radius 1 is 1.12 bits per heavy atom. The number of aryl methyl sites for hydroxylation is 3. The van der Waals surface area contributed by atoms with Gasteiger partial charge >= 0.3 is 12.1 Å². The number of nitrogens with zero attached hydrogens (tertiary/aromatic N) is 5. The van der Waals surface area contributed by atoms with Crippen LogP contribution in [-0.4, -0.2) is 57.7 Å². The number of carbonyl (C=O) groups is 1. The van der Waals surface area contributed by atoms with E-state index in [1.165, 1.54) is 12.1 Å². The molecule has 0 amide bonds. The molecule has 2 aromatic carbocycles. The summed E-state index contributed by atoms with van der Waals surface area (Å²) in [7, 11) is 1.73. The van der Waals surface area contributed by atoms with Gasteiger partial charge in [0.15, 0.2) is 0 Å². The molecule has 1 N–H and O–H groups in total. The number of fused-ring (bicyclic) bond motifs is 1. The fourth-order valence-corrected chi connectivity index (χ4v) is 5.29. The molecule has 212 valence electrons. The Morgan fingerprint density at radius 3 is 2.42 bits per heavy atom. The summed E-state index contributed by atoms with van der Waals surface area (Å²) in [6.07, 6.45) is -5.19. The number of imidazole rings is 1. The Balaban J connectivity index is 1.82. The number of piperazine rings is 1. The molecule has 2 aromatic heterocycles. The molecule has 0 saturated carbocycles. The molecule has 0 spiro atoms. The number of rotatable bonds is 5. The van der Waals surface area contributed by atoms with Crippen LogP contribution in [0.15, 0.2) is 24.3 Å². The summed E-state index contributed by atoms with van der Waals surface area (Å²) < 4.78 is 62.5. The Labute approximate surface area is 232 Å². The lowest BCUT2D eigenvalue weighted by Gasteiger charge is -2.29. The van der Waals surface area contributed by atoms with Gasteiger partial charge in [0.2, 0.25) is 5.95 Å². The maximum Gasteiger partial charge on any atom is 0.491 e. The van der Waals surface area contributed by atoms with Crippen LogP contribution >= 0.6 is 11.6 Å². The summed E-state index contributed by atoms with van der Waals surface area (Å²) in [4.78, 5) is 19.1. The molecule has 4 aromatic rings. The third-order valence-electron chi connectivity index (χ3n) is 7.07. The van der Waals surface area contributed by atoms with Crippen molar-refractivity contribution in [2.45, 2.75) is 33.5 Å². The van der Waals surface area contributed by atoms with Crippen LogP contribution in [-0.2, 0) is 18.4 Å². The van der Waals surface area contributed by atoms with Crippen molar-refractivity contribution in [1.82, 2.24) is 24.6 Å². The van der Waals surface area contributed by atoms with Gasteiger partial charge in [0, 0.05) is 44.5 Å². The van der Waals surface area contributed by atoms with E-state index in [0.29, 0.717) is 71.2 Å². The van der Waals surface area contributed by atoms with Gasteiger partial charge in [-0.2, -0.15) is 18.3 Å². The van der Waals surface area contributed by atoms with Crippen LogP contribution in [0.4, 0.5) is 23.5 Å². The lowest BCUT2D eigenvalue weighted by atomic mass is 9.98. The Hall–Kier alpha value is -3.64. The number of carbonyl (C=O) groups excluding carboxylic acids is 1. The van der Waals surface area contributed by atoms with Crippen LogP contribution in [0.2, 0.25) is 5.02 Å². The quantitative estimate of drug-likeness (QED) is 0.202. The van der Waals surface area contributed by atoms with Crippen molar-refractivity contribution in [3.05, 3.63) is 57.6 Å². The lowest BCUT2D eigenvalue weighted by molar-refractivity contribution is -0.189. The molecule has 5 rings (SSSR count). The van der Waals surface area contributed by atoms with Gasteiger partial charge in [-0.1, -0.05) is 17.7 Å². The molecule has 8 nitrogen and oxygen atoms in total. The standard InChI is InChI=1S/C27H27ClF4N6O2/c1-14-11-20-23(22(21-15(2)35-36(4)16(21)3)24(14)40-25(39)27(30,31)32)34-26(37-9-7-33-8-10-37)38(20)13-17-5-6-19(29)18(28)12-17/h5-6,11-12,33H,7-10,13H2,1-4H3. The monoisotopic (exact) mass is 578 g/mol. The van der Waals surface area contributed by atoms with Crippen LogP contribution in [0.1, 0.15) is 22.5 Å². The Morgan fingerprint density at radius 2 is 1.82 bits per heavy atom. The first kappa shape index (κ1) is 27.9. The van der Waals surface area contributed by atoms with Crippen molar-refractivity contribution < 1.29 is 27.1 Å². The lowest BCUT2D eigenvalue weighted by Crippen LogP contribution is -2.44. The number of esters is 1. The van der Waals surface area contributed by atoms with Crippen LogP contribution in [0.5, 0.6) is 5.75 Å². The van der Waals surface area contributed by atoms with E-state index < -0.39 is 18.0 Å². The SMILES string of the molecule is Cc1cc2c(nc(N3CCNCC3)n2Cc2ccc(F)c(Cl)c2)c(-c2c(C)nn(C)c2C)c1OC(=O)C(F)(F)F. The van der Waals surface area contributed by atoms with Crippen LogP contribution < -0.4 is 15.0 Å². The van der Waals surface area contributed by atoms with E-state index in [0.717, 1.165) is 0 Å². The number of aromatic nitrogens is 4. The third kappa shape index (κ3) is 5.01. The molecule has 13 heteroatoms. The molecule has 1 aliphatic rings. The number of alkyl halides is 3. The highest BCUT2D eigenvalue weighted by Gasteiger charge is 2.42. The summed E-state index contributed by atoms with van der Waals surface area (Å²) >= 11 is 6.07. The average molecular weight is 579 g/mol. The number of halogens is 5. The summed E-state index contributed by atoms with van der Waals surface area (Å²) in [6, 6.07) is 6.10. The predicted molar refractivity (Wildman–Crippen MR) is 143 cm³/mol. The summed E-state index contributed by atoms with van der Waals surface area (Å²) in [5.41, 5.74) is 3.98. The molecule has 0 bridgehead atoms. The van der Waals surface area contributed by atoms with Crippen molar-refractivity contribution in [1.29, 1.82) is 0 Å². The van der Waals surface area contributed by atoms with E-state index in [1.54, 1.807) is 44.6 Å². The van der Waals surface area contributed by atoms with Gasteiger partial charge in [0.1, 0.15) is 17.1 Å². The number of anilines is 1. The van der Waals surface area contributed by atoms with E-state index in [-0.39, 0.29) is 22.9 Å². The van der Waals surface area contributed by atoms with Crippen LogP contribution in [0.3, 0.4) is 0 Å². The van der Waals surface area contributed by atoms with Gasteiger partial charge in [0.05, 0.1) is 28.3 Å². The number of hydrogen-bond acceptors (Lipinski definition) is 6. The third-order valence-corrected chi connectivity index (χ3v) is 7.36. The average Bonchev–Trinajstić information content (AvgIpc) is 3.37. The van der Waals surface area contributed by atoms with E-state index in [2.05, 4.69) is 15.3 Å². The van der Waals surface area contributed by atoms with Gasteiger partial charge in [-0.25, -0.2) is 14.2 Å².